The summed E-state index contributed by atoms with van der Waals surface area (Å²) >= 11 is 1.58. The van der Waals surface area contributed by atoms with Crippen LogP contribution in [0.5, 0.6) is 0 Å². The number of piperazine rings is 1. The lowest BCUT2D eigenvalue weighted by Crippen LogP contribution is -2.44. The average Bonchev–Trinajstić information content (AvgIpc) is 2.89. The molecular weight excluding hydrogens is 464 g/mol. The molecular formula is C25H36N6O3S. The minimum atomic E-state index is -0.0409. The van der Waals surface area contributed by atoms with Gasteiger partial charge in [0, 0.05) is 76.9 Å². The first kappa shape index (κ1) is 25.8. The third-order valence-corrected chi connectivity index (χ3v) is 7.16. The van der Waals surface area contributed by atoms with E-state index >= 15 is 0 Å². The number of carbonyl (C=O) groups excluding carboxylic acids is 1. The molecule has 0 unspecified atom stereocenters. The Hall–Kier alpha value is -2.24. The van der Waals surface area contributed by atoms with Crippen LogP contribution in [-0.2, 0) is 21.8 Å². The molecule has 2 fully saturated rings. The summed E-state index contributed by atoms with van der Waals surface area (Å²) in [6.07, 6.45) is 0. The Morgan fingerprint density at radius 2 is 1.91 bits per heavy atom. The lowest BCUT2D eigenvalue weighted by Gasteiger charge is -2.33. The zero-order valence-electron chi connectivity index (χ0n) is 20.7. The number of anilines is 1. The molecule has 3 heterocycles. The van der Waals surface area contributed by atoms with E-state index in [1.165, 1.54) is 0 Å². The molecule has 1 aromatic heterocycles. The lowest BCUT2D eigenvalue weighted by molar-refractivity contribution is 0.0383. The summed E-state index contributed by atoms with van der Waals surface area (Å²) in [5.41, 5.74) is 2.63. The van der Waals surface area contributed by atoms with Crippen molar-refractivity contribution in [1.29, 1.82) is 0 Å². The molecule has 10 heteroatoms. The van der Waals surface area contributed by atoms with Gasteiger partial charge in [-0.2, -0.15) is 0 Å². The molecule has 2 aliphatic rings. The number of amides is 1. The highest BCUT2D eigenvalue weighted by Crippen LogP contribution is 2.24. The highest BCUT2D eigenvalue weighted by atomic mass is 32.2. The predicted molar refractivity (Wildman–Crippen MR) is 138 cm³/mol. The van der Waals surface area contributed by atoms with E-state index in [0.29, 0.717) is 24.5 Å². The standard InChI is InChI=1S/C25H36N6O3S/c1-29-8-10-31(11-9-29)23-17-22(18-33-2)27-25(28-23)35-19-20-4-3-5-21(16-20)24(32)26-6-7-30-12-14-34-15-13-30/h3-5,16-17H,6-15,18-19H2,1-2H3,(H,26,32). The third-order valence-electron chi connectivity index (χ3n) is 6.24. The summed E-state index contributed by atoms with van der Waals surface area (Å²) in [7, 11) is 3.83. The highest BCUT2D eigenvalue weighted by molar-refractivity contribution is 7.98. The van der Waals surface area contributed by atoms with Crippen molar-refractivity contribution in [2.24, 2.45) is 0 Å². The van der Waals surface area contributed by atoms with Crippen molar-refractivity contribution < 1.29 is 14.3 Å². The van der Waals surface area contributed by atoms with Crippen molar-refractivity contribution in [3.8, 4) is 0 Å². The van der Waals surface area contributed by atoms with Crippen molar-refractivity contribution in [3.05, 3.63) is 47.2 Å². The van der Waals surface area contributed by atoms with E-state index in [2.05, 4.69) is 32.0 Å². The zero-order valence-corrected chi connectivity index (χ0v) is 21.6. The second kappa shape index (κ2) is 13.2. The molecule has 0 spiro atoms. The summed E-state index contributed by atoms with van der Waals surface area (Å²) in [5, 5.41) is 3.77. The van der Waals surface area contributed by atoms with Gasteiger partial charge in [-0.05, 0) is 24.7 Å². The second-order valence-electron chi connectivity index (χ2n) is 8.92. The number of rotatable bonds is 10. The molecule has 190 valence electrons. The van der Waals surface area contributed by atoms with Crippen LogP contribution in [0.2, 0.25) is 0 Å². The van der Waals surface area contributed by atoms with Crippen LogP contribution in [0.1, 0.15) is 21.6 Å². The molecule has 9 nitrogen and oxygen atoms in total. The fourth-order valence-corrected chi connectivity index (χ4v) is 4.96. The molecule has 2 aliphatic heterocycles. The Kier molecular flexibility index (Phi) is 9.73. The number of carbonyl (C=O) groups is 1. The maximum absolute atomic E-state index is 12.7. The number of morpholine rings is 1. The quantitative estimate of drug-likeness (QED) is 0.387. The molecule has 2 aromatic rings. The van der Waals surface area contributed by atoms with E-state index in [1.54, 1.807) is 18.9 Å². The maximum Gasteiger partial charge on any atom is 0.251 e. The van der Waals surface area contributed by atoms with Gasteiger partial charge in [0.15, 0.2) is 5.16 Å². The van der Waals surface area contributed by atoms with Gasteiger partial charge in [0.2, 0.25) is 0 Å². The first-order chi connectivity index (χ1) is 17.1. The number of thioether (sulfide) groups is 1. The zero-order chi connectivity index (χ0) is 24.5. The Labute approximate surface area is 212 Å². The van der Waals surface area contributed by atoms with Gasteiger partial charge in [0.1, 0.15) is 5.82 Å². The number of nitrogens with zero attached hydrogens (tertiary/aromatic N) is 5. The van der Waals surface area contributed by atoms with Crippen molar-refractivity contribution in [2.45, 2.75) is 17.5 Å². The first-order valence-electron chi connectivity index (χ1n) is 12.2. The smallest absolute Gasteiger partial charge is 0.251 e. The van der Waals surface area contributed by atoms with Gasteiger partial charge in [-0.15, -0.1) is 0 Å². The predicted octanol–water partition coefficient (Wildman–Crippen LogP) is 1.73. The number of hydrogen-bond acceptors (Lipinski definition) is 9. The number of aromatic nitrogens is 2. The normalized spacial score (nSPS) is 17.5. The fraction of sp³-hybridized carbons (Fsp3) is 0.560. The summed E-state index contributed by atoms with van der Waals surface area (Å²) in [5.74, 6) is 1.60. The first-order valence-corrected chi connectivity index (χ1v) is 13.2. The molecule has 1 N–H and O–H groups in total. The van der Waals surface area contributed by atoms with Crippen LogP contribution >= 0.6 is 11.8 Å². The van der Waals surface area contributed by atoms with Crippen molar-refractivity contribution in [3.63, 3.8) is 0 Å². The largest absolute Gasteiger partial charge is 0.379 e. The van der Waals surface area contributed by atoms with Crippen LogP contribution in [0.25, 0.3) is 0 Å². The van der Waals surface area contributed by atoms with Crippen molar-refractivity contribution in [1.82, 2.24) is 25.1 Å². The average molecular weight is 501 g/mol. The Bertz CT molecular complexity index is 964. The van der Waals surface area contributed by atoms with E-state index in [-0.39, 0.29) is 5.91 Å². The van der Waals surface area contributed by atoms with E-state index < -0.39 is 0 Å². The lowest BCUT2D eigenvalue weighted by atomic mass is 10.1. The van der Waals surface area contributed by atoms with Gasteiger partial charge in [0.05, 0.1) is 25.5 Å². The van der Waals surface area contributed by atoms with Gasteiger partial charge in [-0.1, -0.05) is 23.9 Å². The molecule has 0 atom stereocenters. The molecule has 1 amide bonds. The van der Waals surface area contributed by atoms with E-state index in [1.807, 2.05) is 30.3 Å². The van der Waals surface area contributed by atoms with E-state index in [0.717, 1.165) is 81.3 Å². The number of ether oxygens (including phenoxy) is 2. The van der Waals surface area contributed by atoms with Crippen LogP contribution < -0.4 is 10.2 Å². The topological polar surface area (TPSA) is 83.1 Å². The number of hydrogen-bond donors (Lipinski definition) is 1. The van der Waals surface area contributed by atoms with E-state index in [4.69, 9.17) is 14.5 Å². The Morgan fingerprint density at radius 1 is 1.11 bits per heavy atom. The fourth-order valence-electron chi connectivity index (χ4n) is 4.15. The Balaban J connectivity index is 1.34. The number of benzene rings is 1. The molecule has 0 aliphatic carbocycles. The molecule has 4 rings (SSSR count). The molecule has 0 radical (unpaired) electrons. The molecule has 0 saturated carbocycles. The minimum absolute atomic E-state index is 0.0409. The van der Waals surface area contributed by atoms with Gasteiger partial charge < -0.3 is 24.6 Å². The summed E-state index contributed by atoms with van der Waals surface area (Å²) in [6, 6.07) is 9.82. The van der Waals surface area contributed by atoms with Crippen LogP contribution in [-0.4, -0.2) is 105 Å². The van der Waals surface area contributed by atoms with Gasteiger partial charge in [-0.25, -0.2) is 9.97 Å². The SMILES string of the molecule is COCc1cc(N2CCN(C)CC2)nc(SCc2cccc(C(=O)NCCN3CCOCC3)c2)n1. The maximum atomic E-state index is 12.7. The summed E-state index contributed by atoms with van der Waals surface area (Å²) in [6.45, 7) is 9.25. The number of likely N-dealkylation sites (N-methyl/N-ethyl adjacent to an activating group) is 1. The van der Waals surface area contributed by atoms with E-state index in [9.17, 15) is 4.79 Å². The van der Waals surface area contributed by atoms with Gasteiger partial charge >= 0.3 is 0 Å². The van der Waals surface area contributed by atoms with Crippen molar-refractivity contribution >= 4 is 23.5 Å². The highest BCUT2D eigenvalue weighted by Gasteiger charge is 2.18. The number of methoxy groups -OCH3 is 1. The van der Waals surface area contributed by atoms with Crippen LogP contribution in [0.15, 0.2) is 35.5 Å². The Morgan fingerprint density at radius 3 is 2.69 bits per heavy atom. The number of nitrogens with one attached hydrogen (secondary N) is 1. The molecule has 35 heavy (non-hydrogen) atoms. The molecule has 1 aromatic carbocycles. The summed E-state index contributed by atoms with van der Waals surface area (Å²) in [4.78, 5) is 29.1. The van der Waals surface area contributed by atoms with Gasteiger partial charge in [-0.3, -0.25) is 9.69 Å². The van der Waals surface area contributed by atoms with Crippen LogP contribution in [0.4, 0.5) is 5.82 Å². The minimum Gasteiger partial charge on any atom is -0.379 e. The second-order valence-corrected chi connectivity index (χ2v) is 9.86. The van der Waals surface area contributed by atoms with Crippen molar-refractivity contribution in [2.75, 3.05) is 84.6 Å². The molecule has 2 saturated heterocycles. The van der Waals surface area contributed by atoms with Gasteiger partial charge in [0.25, 0.3) is 5.91 Å². The summed E-state index contributed by atoms with van der Waals surface area (Å²) < 4.78 is 10.7. The molecule has 0 bridgehead atoms. The van der Waals surface area contributed by atoms with Crippen LogP contribution in [0, 0.1) is 0 Å². The monoisotopic (exact) mass is 500 g/mol. The third kappa shape index (κ3) is 7.88. The van der Waals surface area contributed by atoms with Crippen LogP contribution in [0.3, 0.4) is 0 Å².